The topological polar surface area (TPSA) is 81.8 Å². The second-order valence-electron chi connectivity index (χ2n) is 6.28. The summed E-state index contributed by atoms with van der Waals surface area (Å²) < 4.78 is 14.2. The van der Waals surface area contributed by atoms with Crippen LogP contribution in [0.4, 0.5) is 10.1 Å². The second-order valence-corrected chi connectivity index (χ2v) is 7.56. The van der Waals surface area contributed by atoms with Crippen LogP contribution in [0.1, 0.15) is 16.8 Å². The lowest BCUT2D eigenvalue weighted by molar-refractivity contribution is -0.130. The predicted octanol–water partition coefficient (Wildman–Crippen LogP) is 2.69. The third-order valence-electron chi connectivity index (χ3n) is 4.24. The van der Waals surface area contributed by atoms with Crippen molar-refractivity contribution in [3.8, 4) is 0 Å². The van der Waals surface area contributed by atoms with E-state index < -0.39 is 29.6 Å². The van der Waals surface area contributed by atoms with Gasteiger partial charge in [-0.05, 0) is 54.7 Å². The first kappa shape index (κ1) is 20.9. The van der Waals surface area contributed by atoms with Crippen LogP contribution >= 0.6 is 28.1 Å². The number of hydrogen-bond donors (Lipinski definition) is 2. The van der Waals surface area contributed by atoms with Crippen LogP contribution in [0, 0.1) is 5.82 Å². The van der Waals surface area contributed by atoms with Gasteiger partial charge < -0.3 is 5.32 Å². The molecule has 29 heavy (non-hydrogen) atoms. The van der Waals surface area contributed by atoms with Gasteiger partial charge in [0.25, 0.3) is 11.8 Å². The Bertz CT molecular complexity index is 986. The quantitative estimate of drug-likeness (QED) is 0.645. The Balaban J connectivity index is 1.73. The van der Waals surface area contributed by atoms with Crippen molar-refractivity contribution < 1.29 is 18.8 Å². The van der Waals surface area contributed by atoms with Crippen molar-refractivity contribution in [3.05, 3.63) is 64.4 Å². The number of benzene rings is 2. The van der Waals surface area contributed by atoms with Gasteiger partial charge in [0, 0.05) is 22.8 Å². The normalized spacial score (nSPS) is 16.2. The summed E-state index contributed by atoms with van der Waals surface area (Å²) >= 11 is 8.52. The molecule has 150 valence electrons. The number of nitrogens with one attached hydrogen (secondary N) is 2. The summed E-state index contributed by atoms with van der Waals surface area (Å²) in [6.45, 7) is 0. The highest BCUT2D eigenvalue weighted by atomic mass is 79.9. The van der Waals surface area contributed by atoms with Crippen LogP contribution in [0.5, 0.6) is 0 Å². The van der Waals surface area contributed by atoms with Gasteiger partial charge in [-0.15, -0.1) is 0 Å². The zero-order valence-corrected chi connectivity index (χ0v) is 17.6. The van der Waals surface area contributed by atoms with E-state index >= 15 is 0 Å². The van der Waals surface area contributed by atoms with Crippen molar-refractivity contribution >= 4 is 56.7 Å². The summed E-state index contributed by atoms with van der Waals surface area (Å²) in [4.78, 5) is 38.6. The molecule has 0 bridgehead atoms. The van der Waals surface area contributed by atoms with Gasteiger partial charge in [0.2, 0.25) is 5.91 Å². The number of halogens is 2. The molecule has 0 spiro atoms. The summed E-state index contributed by atoms with van der Waals surface area (Å²) in [7, 11) is 1.46. The van der Waals surface area contributed by atoms with Crippen molar-refractivity contribution in [3.63, 3.8) is 0 Å². The molecule has 0 aromatic heterocycles. The molecule has 3 amide bonds. The average molecular weight is 479 g/mol. The number of likely N-dealkylation sites (N-methyl/N-ethyl adjacent to an activating group) is 1. The maximum absolute atomic E-state index is 13.4. The molecule has 2 N–H and O–H groups in total. The number of hydrogen-bond acceptors (Lipinski definition) is 4. The van der Waals surface area contributed by atoms with Gasteiger partial charge in [0.1, 0.15) is 11.9 Å². The number of carbonyl (C=O) groups is 3. The third kappa shape index (κ3) is 4.77. The van der Waals surface area contributed by atoms with Gasteiger partial charge in [0.05, 0.1) is 6.42 Å². The highest BCUT2D eigenvalue weighted by Gasteiger charge is 2.42. The fourth-order valence-corrected chi connectivity index (χ4v) is 3.28. The number of nitrogens with zero attached hydrogens (tertiary/aromatic N) is 2. The largest absolute Gasteiger partial charge is 0.326 e. The smallest absolute Gasteiger partial charge is 0.269 e. The minimum Gasteiger partial charge on any atom is -0.326 e. The van der Waals surface area contributed by atoms with E-state index in [4.69, 9.17) is 12.2 Å². The van der Waals surface area contributed by atoms with E-state index in [1.54, 1.807) is 24.3 Å². The number of hydrazine groups is 1. The van der Waals surface area contributed by atoms with Gasteiger partial charge in [-0.25, -0.2) is 9.40 Å². The lowest BCUT2D eigenvalue weighted by Gasteiger charge is -2.24. The van der Waals surface area contributed by atoms with Crippen molar-refractivity contribution in [2.24, 2.45) is 0 Å². The van der Waals surface area contributed by atoms with E-state index in [9.17, 15) is 18.8 Å². The minimum absolute atomic E-state index is 0.0428. The van der Waals surface area contributed by atoms with Crippen LogP contribution in [0.2, 0.25) is 0 Å². The fraction of sp³-hybridized carbons (Fsp3) is 0.158. The lowest BCUT2D eigenvalue weighted by Crippen LogP contribution is -2.49. The molecule has 1 fully saturated rings. The van der Waals surface area contributed by atoms with Crippen LogP contribution < -0.4 is 10.7 Å². The average Bonchev–Trinajstić information content (AvgIpc) is 2.88. The van der Waals surface area contributed by atoms with E-state index in [-0.39, 0.29) is 17.1 Å². The molecule has 1 heterocycles. The first-order chi connectivity index (χ1) is 13.8. The van der Waals surface area contributed by atoms with Gasteiger partial charge in [-0.2, -0.15) is 0 Å². The summed E-state index contributed by atoms with van der Waals surface area (Å²) in [6.07, 6.45) is -0.233. The Kier molecular flexibility index (Phi) is 6.23. The molecule has 3 rings (SSSR count). The van der Waals surface area contributed by atoms with Gasteiger partial charge in [-0.1, -0.05) is 22.0 Å². The zero-order valence-electron chi connectivity index (χ0n) is 15.2. The molecule has 7 nitrogen and oxygen atoms in total. The summed E-state index contributed by atoms with van der Waals surface area (Å²) in [5, 5.41) is 3.90. The Morgan fingerprint density at radius 2 is 1.90 bits per heavy atom. The maximum Gasteiger partial charge on any atom is 0.269 e. The van der Waals surface area contributed by atoms with Gasteiger partial charge >= 0.3 is 0 Å². The van der Waals surface area contributed by atoms with Crippen molar-refractivity contribution in [1.29, 1.82) is 0 Å². The van der Waals surface area contributed by atoms with Gasteiger partial charge in [-0.3, -0.25) is 24.7 Å². The molecule has 1 atom stereocenters. The van der Waals surface area contributed by atoms with Crippen molar-refractivity contribution in [2.75, 3.05) is 12.4 Å². The Hall–Kier alpha value is -2.85. The van der Waals surface area contributed by atoms with E-state index in [2.05, 4.69) is 26.7 Å². The van der Waals surface area contributed by atoms with Crippen LogP contribution in [-0.4, -0.2) is 45.8 Å². The number of amides is 3. The van der Waals surface area contributed by atoms with E-state index in [1.807, 2.05) is 0 Å². The molecule has 2 aromatic rings. The molecule has 0 radical (unpaired) electrons. The van der Waals surface area contributed by atoms with Gasteiger partial charge in [0.15, 0.2) is 5.11 Å². The Labute approximate surface area is 180 Å². The number of anilines is 1. The monoisotopic (exact) mass is 478 g/mol. The highest BCUT2D eigenvalue weighted by molar-refractivity contribution is 9.10. The molecule has 10 heteroatoms. The molecule has 1 saturated heterocycles. The molecular weight excluding hydrogens is 463 g/mol. The Morgan fingerprint density at radius 1 is 1.21 bits per heavy atom. The first-order valence-electron chi connectivity index (χ1n) is 8.49. The lowest BCUT2D eigenvalue weighted by atomic mass is 10.2. The molecule has 2 aromatic carbocycles. The van der Waals surface area contributed by atoms with E-state index in [1.165, 1.54) is 30.1 Å². The SMILES string of the molecule is CN1C(=O)C(CC(=O)Nc2ccc(Br)cc2)N(NC(=O)c2cccc(F)c2)C1=S. The van der Waals surface area contributed by atoms with Crippen LogP contribution in [0.15, 0.2) is 53.0 Å². The molecular formula is C19H16BrFN4O3S. The van der Waals surface area contributed by atoms with E-state index in [0.29, 0.717) is 5.69 Å². The van der Waals surface area contributed by atoms with Crippen molar-refractivity contribution in [1.82, 2.24) is 15.3 Å². The minimum atomic E-state index is -1.01. The van der Waals surface area contributed by atoms with Crippen molar-refractivity contribution in [2.45, 2.75) is 12.5 Å². The van der Waals surface area contributed by atoms with Crippen LogP contribution in [-0.2, 0) is 9.59 Å². The first-order valence-corrected chi connectivity index (χ1v) is 9.69. The summed E-state index contributed by atoms with van der Waals surface area (Å²) in [5.74, 6) is -2.07. The van der Waals surface area contributed by atoms with Crippen LogP contribution in [0.3, 0.4) is 0 Å². The number of thiocarbonyl (C=S) groups is 1. The molecule has 0 aliphatic carbocycles. The standard InChI is InChI=1S/C19H16BrFN4O3S/c1-24-18(28)15(10-16(26)22-14-7-5-12(20)6-8-14)25(19(24)29)23-17(27)11-3-2-4-13(21)9-11/h2-9,15H,10H2,1H3,(H,22,26)(H,23,27). The third-order valence-corrected chi connectivity index (χ3v) is 5.24. The molecule has 1 aliphatic rings. The van der Waals surface area contributed by atoms with Crippen LogP contribution in [0.25, 0.3) is 0 Å². The fourth-order valence-electron chi connectivity index (χ4n) is 2.75. The summed E-state index contributed by atoms with van der Waals surface area (Å²) in [6, 6.07) is 11.0. The summed E-state index contributed by atoms with van der Waals surface area (Å²) in [5.41, 5.74) is 3.13. The van der Waals surface area contributed by atoms with E-state index in [0.717, 1.165) is 15.5 Å². The predicted molar refractivity (Wildman–Crippen MR) is 112 cm³/mol. The Morgan fingerprint density at radius 3 is 2.55 bits per heavy atom. The molecule has 0 saturated carbocycles. The maximum atomic E-state index is 13.4. The zero-order chi connectivity index (χ0) is 21.1. The number of rotatable bonds is 5. The number of carbonyl (C=O) groups excluding carboxylic acids is 3. The molecule has 1 aliphatic heterocycles. The highest BCUT2D eigenvalue weighted by Crippen LogP contribution is 2.20. The molecule has 1 unspecified atom stereocenters. The second kappa shape index (κ2) is 8.66.